The predicted octanol–water partition coefficient (Wildman–Crippen LogP) is 6.42. The lowest BCUT2D eigenvalue weighted by Crippen LogP contribution is -2.27. The van der Waals surface area contributed by atoms with Crippen LogP contribution in [0.2, 0.25) is 0 Å². The maximum Gasteiger partial charge on any atom is 0.416 e. The van der Waals surface area contributed by atoms with Crippen molar-refractivity contribution in [2.75, 3.05) is 38.0 Å². The molecule has 3 aromatic heterocycles. The quantitative estimate of drug-likeness (QED) is 0.181. The summed E-state index contributed by atoms with van der Waals surface area (Å²) in [5.41, 5.74) is 3.42. The van der Waals surface area contributed by atoms with Gasteiger partial charge in [-0.05, 0) is 42.5 Å². The Hall–Kier alpha value is -6.38. The van der Waals surface area contributed by atoms with Crippen LogP contribution in [-0.4, -0.2) is 63.6 Å². The van der Waals surface area contributed by atoms with Crippen LogP contribution < -0.4 is 20.1 Å². The van der Waals surface area contributed by atoms with Crippen LogP contribution in [0, 0.1) is 0 Å². The fourth-order valence-corrected chi connectivity index (χ4v) is 5.69. The summed E-state index contributed by atoms with van der Waals surface area (Å²) in [4.78, 5) is 40.4. The van der Waals surface area contributed by atoms with Gasteiger partial charge in [0.2, 0.25) is 0 Å². The van der Waals surface area contributed by atoms with Crippen molar-refractivity contribution < 1.29 is 37.0 Å². The van der Waals surface area contributed by atoms with Crippen molar-refractivity contribution in [3.05, 3.63) is 114 Å². The normalized spacial score (nSPS) is 14.1. The van der Waals surface area contributed by atoms with E-state index >= 15 is 0 Å². The Morgan fingerprint density at radius 3 is 2.58 bits per heavy atom. The Balaban J connectivity index is 1.24. The van der Waals surface area contributed by atoms with Crippen LogP contribution in [0.4, 0.5) is 29.6 Å². The second-order valence-electron chi connectivity index (χ2n) is 11.3. The zero-order chi connectivity index (χ0) is 35.0. The summed E-state index contributed by atoms with van der Waals surface area (Å²) in [6.45, 7) is 0.795. The number of halogens is 3. The van der Waals surface area contributed by atoms with Gasteiger partial charge >= 0.3 is 12.3 Å². The zero-order valence-electron chi connectivity index (χ0n) is 26.6. The van der Waals surface area contributed by atoms with Crippen LogP contribution in [-0.2, 0) is 17.5 Å². The molecule has 0 atom stereocenters. The van der Waals surface area contributed by atoms with Gasteiger partial charge in [0, 0.05) is 53.5 Å². The van der Waals surface area contributed by atoms with Crippen molar-refractivity contribution in [3.8, 4) is 22.8 Å². The highest BCUT2D eigenvalue weighted by atomic mass is 19.4. The third kappa shape index (κ3) is 6.16. The fourth-order valence-electron chi connectivity index (χ4n) is 5.69. The third-order valence-corrected chi connectivity index (χ3v) is 8.25. The summed E-state index contributed by atoms with van der Waals surface area (Å²) < 4.78 is 57.5. The molecule has 2 aliphatic heterocycles. The largest absolute Gasteiger partial charge is 0.497 e. The number of carbonyl (C=O) groups excluding carboxylic acids is 2. The molecule has 0 saturated carbocycles. The van der Waals surface area contributed by atoms with Crippen LogP contribution in [0.3, 0.4) is 0 Å². The number of pyridine rings is 1. The molecule has 0 aliphatic carbocycles. The molecule has 12 nitrogen and oxygen atoms in total. The molecule has 0 bridgehead atoms. The number of methoxy groups -OCH3 is 2. The minimum atomic E-state index is -4.58. The Kier molecular flexibility index (Phi) is 8.31. The van der Waals surface area contributed by atoms with Crippen LogP contribution in [0.5, 0.6) is 11.5 Å². The van der Waals surface area contributed by atoms with E-state index in [1.54, 1.807) is 61.8 Å². The SMILES string of the molecule is COc1ccc(CNc2nccn3c(C4=CC=C5COC(=O)N5C4)nc(-c4ccc(C(=O)Nc5cc(C(F)(F)F)ccn5)cc4)c23)c(OC)c1. The molecule has 2 aliphatic rings. The third-order valence-electron chi connectivity index (χ3n) is 8.25. The number of aromatic nitrogens is 4. The van der Waals surface area contributed by atoms with E-state index in [4.69, 9.17) is 19.2 Å². The Bertz CT molecular complexity index is 2200. The lowest BCUT2D eigenvalue weighted by molar-refractivity contribution is -0.137. The number of carbonyl (C=O) groups is 2. The number of fused-ring (bicyclic) bond motifs is 2. The summed E-state index contributed by atoms with van der Waals surface area (Å²) in [6, 6.07) is 13.6. The first-order chi connectivity index (χ1) is 24.1. The maximum atomic E-state index is 13.2. The molecule has 2 N–H and O–H groups in total. The number of allylic oxidation sites excluding steroid dienone is 2. The summed E-state index contributed by atoms with van der Waals surface area (Å²) in [6.07, 6.45) is 3.10. The molecule has 50 heavy (non-hydrogen) atoms. The summed E-state index contributed by atoms with van der Waals surface area (Å²) in [7, 11) is 3.15. The van der Waals surface area contributed by atoms with E-state index in [9.17, 15) is 22.8 Å². The molecule has 2 amide bonds. The highest BCUT2D eigenvalue weighted by molar-refractivity contribution is 6.04. The Morgan fingerprint density at radius 1 is 1.00 bits per heavy atom. The van der Waals surface area contributed by atoms with Crippen LogP contribution in [0.25, 0.3) is 22.3 Å². The number of benzene rings is 2. The van der Waals surface area contributed by atoms with E-state index in [0.717, 1.165) is 35.2 Å². The minimum Gasteiger partial charge on any atom is -0.497 e. The Labute approximate surface area is 282 Å². The number of ether oxygens (including phenoxy) is 3. The summed E-state index contributed by atoms with van der Waals surface area (Å²) >= 11 is 0. The summed E-state index contributed by atoms with van der Waals surface area (Å²) in [5.74, 6) is 1.48. The monoisotopic (exact) mass is 683 g/mol. The van der Waals surface area contributed by atoms with Gasteiger partial charge < -0.3 is 24.8 Å². The number of amides is 2. The van der Waals surface area contributed by atoms with Crippen LogP contribution in [0.1, 0.15) is 27.3 Å². The van der Waals surface area contributed by atoms with Crippen molar-refractivity contribution in [2.45, 2.75) is 12.7 Å². The number of rotatable bonds is 9. The topological polar surface area (TPSA) is 132 Å². The van der Waals surface area contributed by atoms with Gasteiger partial charge in [-0.25, -0.2) is 19.7 Å². The first kappa shape index (κ1) is 32.2. The van der Waals surface area contributed by atoms with Crippen LogP contribution in [0.15, 0.2) is 91.0 Å². The first-order valence-corrected chi connectivity index (χ1v) is 15.2. The van der Waals surface area contributed by atoms with Crippen molar-refractivity contribution >= 4 is 34.7 Å². The average molecular weight is 684 g/mol. The van der Waals surface area contributed by atoms with Crippen LogP contribution >= 0.6 is 0 Å². The highest BCUT2D eigenvalue weighted by Crippen LogP contribution is 2.35. The molecule has 0 unspecified atom stereocenters. The minimum absolute atomic E-state index is 0.194. The Morgan fingerprint density at radius 2 is 1.82 bits per heavy atom. The van der Waals surface area contributed by atoms with Crippen molar-refractivity contribution in [3.63, 3.8) is 0 Å². The zero-order valence-corrected chi connectivity index (χ0v) is 26.6. The smallest absolute Gasteiger partial charge is 0.416 e. The average Bonchev–Trinajstić information content (AvgIpc) is 3.71. The number of anilines is 2. The molecular formula is C35H28F3N7O5. The van der Waals surface area contributed by atoms with Crippen molar-refractivity contribution in [1.82, 2.24) is 24.3 Å². The van der Waals surface area contributed by atoms with Gasteiger partial charge in [0.1, 0.15) is 41.0 Å². The predicted molar refractivity (Wildman–Crippen MR) is 177 cm³/mol. The highest BCUT2D eigenvalue weighted by Gasteiger charge is 2.33. The molecule has 5 heterocycles. The fraction of sp³-hybridized carbons (Fsp3) is 0.171. The molecule has 15 heteroatoms. The number of hydrogen-bond acceptors (Lipinski definition) is 9. The van der Waals surface area contributed by atoms with Gasteiger partial charge in [-0.3, -0.25) is 14.1 Å². The lowest BCUT2D eigenvalue weighted by Gasteiger charge is -2.20. The maximum absolute atomic E-state index is 13.2. The molecule has 1 fully saturated rings. The number of imidazole rings is 1. The van der Waals surface area contributed by atoms with E-state index in [2.05, 4.69) is 20.6 Å². The molecule has 0 radical (unpaired) electrons. The standard InChI is InChI=1S/C35H28F3N7O5/c1-48-26-10-8-22(27(16-26)49-2)17-41-31-30-29(43-32(44(30)14-13-40-31)23-7-9-25-19-50-34(47)45(25)18-23)20-3-5-21(6-4-20)33(46)42-28-15-24(11-12-39-28)35(36,37)38/h3-16H,17-19H2,1-2H3,(H,40,41)(H,39,42,46). The first-order valence-electron chi connectivity index (χ1n) is 15.2. The van der Waals surface area contributed by atoms with E-state index in [-0.39, 0.29) is 24.5 Å². The molecular weight excluding hydrogens is 655 g/mol. The molecule has 2 aromatic carbocycles. The molecule has 254 valence electrons. The molecule has 5 aromatic rings. The van der Waals surface area contributed by atoms with Gasteiger partial charge in [0.25, 0.3) is 5.91 Å². The number of hydrogen-bond donors (Lipinski definition) is 2. The second kappa shape index (κ2) is 12.9. The van der Waals surface area contributed by atoms with E-state index in [1.807, 2.05) is 28.7 Å². The summed E-state index contributed by atoms with van der Waals surface area (Å²) in [5, 5.41) is 5.82. The number of alkyl halides is 3. The number of cyclic esters (lactones) is 1. The van der Waals surface area contributed by atoms with Gasteiger partial charge in [-0.2, -0.15) is 13.2 Å². The van der Waals surface area contributed by atoms with Crippen molar-refractivity contribution in [1.29, 1.82) is 0 Å². The van der Waals surface area contributed by atoms with E-state index in [0.29, 0.717) is 46.5 Å². The van der Waals surface area contributed by atoms with Gasteiger partial charge in [0.05, 0.1) is 32.0 Å². The van der Waals surface area contributed by atoms with E-state index in [1.165, 1.54) is 0 Å². The second-order valence-corrected chi connectivity index (χ2v) is 11.3. The molecule has 7 rings (SSSR count). The molecule has 1 saturated heterocycles. The lowest BCUT2D eigenvalue weighted by atomic mass is 10.1. The van der Waals surface area contributed by atoms with Gasteiger partial charge in [-0.1, -0.05) is 18.2 Å². The van der Waals surface area contributed by atoms with Gasteiger partial charge in [-0.15, -0.1) is 0 Å². The molecule has 0 spiro atoms. The number of nitrogens with one attached hydrogen (secondary N) is 2. The van der Waals surface area contributed by atoms with E-state index < -0.39 is 23.7 Å². The number of nitrogens with zero attached hydrogens (tertiary/aromatic N) is 5. The van der Waals surface area contributed by atoms with Crippen molar-refractivity contribution in [2.24, 2.45) is 0 Å². The van der Waals surface area contributed by atoms with Gasteiger partial charge in [0.15, 0.2) is 5.82 Å².